The summed E-state index contributed by atoms with van der Waals surface area (Å²) in [6.45, 7) is 1.66. The molecule has 1 aliphatic rings. The molecule has 0 saturated heterocycles. The molecule has 0 unspecified atom stereocenters. The molecule has 0 bridgehead atoms. The number of amides is 1. The normalized spacial score (nSPS) is 12.4. The van der Waals surface area contributed by atoms with Crippen molar-refractivity contribution >= 4 is 17.3 Å². The molecule has 0 aromatic heterocycles. The monoisotopic (exact) mass is 328 g/mol. The zero-order valence-electron chi connectivity index (χ0n) is 13.5. The number of methoxy groups -OCH3 is 1. The van der Waals surface area contributed by atoms with Crippen LogP contribution in [0, 0.1) is 0 Å². The van der Waals surface area contributed by atoms with Gasteiger partial charge < -0.3 is 24.8 Å². The quantitative estimate of drug-likeness (QED) is 0.853. The first kappa shape index (κ1) is 16.0. The van der Waals surface area contributed by atoms with Crippen LogP contribution in [0.1, 0.15) is 6.42 Å². The van der Waals surface area contributed by atoms with Gasteiger partial charge in [0.1, 0.15) is 19.0 Å². The van der Waals surface area contributed by atoms with Crippen molar-refractivity contribution in [3.8, 4) is 17.2 Å². The number of carbonyl (C=O) groups excluding carboxylic acids is 1. The molecule has 0 fully saturated rings. The molecule has 126 valence electrons. The lowest BCUT2D eigenvalue weighted by Crippen LogP contribution is -2.17. The zero-order chi connectivity index (χ0) is 16.8. The van der Waals surface area contributed by atoms with Crippen LogP contribution in [0.3, 0.4) is 0 Å². The number of anilines is 2. The van der Waals surface area contributed by atoms with Crippen LogP contribution in [-0.4, -0.2) is 32.8 Å². The second-order valence-corrected chi connectivity index (χ2v) is 5.31. The summed E-state index contributed by atoms with van der Waals surface area (Å²) in [6.07, 6.45) is 0.362. The molecule has 0 aliphatic carbocycles. The Kier molecular flexibility index (Phi) is 5.05. The standard InChI is InChI=1S/C18H20N2O4/c1-22-15-5-2-13(3-6-15)20-18(21)8-9-19-14-4-7-16-17(12-14)24-11-10-23-16/h2-7,12,19H,8-11H2,1H3,(H,20,21). The third-order valence-electron chi connectivity index (χ3n) is 3.60. The fourth-order valence-electron chi connectivity index (χ4n) is 2.37. The van der Waals surface area contributed by atoms with Gasteiger partial charge in [-0.25, -0.2) is 0 Å². The molecule has 0 radical (unpaired) electrons. The average molecular weight is 328 g/mol. The van der Waals surface area contributed by atoms with Crippen LogP contribution in [-0.2, 0) is 4.79 Å². The number of benzene rings is 2. The molecule has 6 heteroatoms. The summed E-state index contributed by atoms with van der Waals surface area (Å²) in [5, 5.41) is 6.06. The minimum Gasteiger partial charge on any atom is -0.497 e. The molecule has 2 aromatic rings. The van der Waals surface area contributed by atoms with E-state index in [0.717, 1.165) is 28.6 Å². The van der Waals surface area contributed by atoms with Crippen LogP contribution in [0.4, 0.5) is 11.4 Å². The Morgan fingerprint density at radius 2 is 1.75 bits per heavy atom. The molecule has 1 amide bonds. The molecule has 6 nitrogen and oxygen atoms in total. The summed E-state index contributed by atoms with van der Waals surface area (Å²) in [6, 6.07) is 12.9. The molecule has 2 aromatic carbocycles. The summed E-state index contributed by atoms with van der Waals surface area (Å²) < 4.78 is 16.1. The lowest BCUT2D eigenvalue weighted by Gasteiger charge is -2.19. The van der Waals surface area contributed by atoms with Gasteiger partial charge in [0.15, 0.2) is 11.5 Å². The Labute approximate surface area is 140 Å². The van der Waals surface area contributed by atoms with Crippen molar-refractivity contribution in [3.63, 3.8) is 0 Å². The minimum atomic E-state index is -0.0507. The van der Waals surface area contributed by atoms with Gasteiger partial charge in [-0.3, -0.25) is 4.79 Å². The van der Waals surface area contributed by atoms with Crippen LogP contribution >= 0.6 is 0 Å². The fourth-order valence-corrected chi connectivity index (χ4v) is 2.37. The highest BCUT2D eigenvalue weighted by Gasteiger charge is 2.11. The first-order valence-electron chi connectivity index (χ1n) is 7.82. The molecule has 1 heterocycles. The van der Waals surface area contributed by atoms with Crippen molar-refractivity contribution in [2.24, 2.45) is 0 Å². The smallest absolute Gasteiger partial charge is 0.226 e. The summed E-state index contributed by atoms with van der Waals surface area (Å²) >= 11 is 0. The van der Waals surface area contributed by atoms with E-state index >= 15 is 0 Å². The third kappa shape index (κ3) is 4.10. The highest BCUT2D eigenvalue weighted by molar-refractivity contribution is 5.91. The maximum absolute atomic E-state index is 12.0. The molecule has 0 saturated carbocycles. The van der Waals surface area contributed by atoms with Crippen LogP contribution in [0.5, 0.6) is 17.2 Å². The lowest BCUT2D eigenvalue weighted by atomic mass is 10.2. The van der Waals surface area contributed by atoms with E-state index in [2.05, 4.69) is 10.6 Å². The van der Waals surface area contributed by atoms with Crippen LogP contribution in [0.15, 0.2) is 42.5 Å². The van der Waals surface area contributed by atoms with E-state index in [4.69, 9.17) is 14.2 Å². The van der Waals surface area contributed by atoms with Crippen molar-refractivity contribution in [1.29, 1.82) is 0 Å². The van der Waals surface area contributed by atoms with Crippen molar-refractivity contribution in [3.05, 3.63) is 42.5 Å². The Hall–Kier alpha value is -2.89. The maximum atomic E-state index is 12.0. The second kappa shape index (κ2) is 7.59. The molecule has 2 N–H and O–H groups in total. The van der Waals surface area contributed by atoms with E-state index in [1.54, 1.807) is 7.11 Å². The zero-order valence-corrected chi connectivity index (χ0v) is 13.5. The van der Waals surface area contributed by atoms with Crippen molar-refractivity contribution in [1.82, 2.24) is 0 Å². The van der Waals surface area contributed by atoms with Crippen molar-refractivity contribution in [2.45, 2.75) is 6.42 Å². The van der Waals surface area contributed by atoms with Gasteiger partial charge in [0.2, 0.25) is 5.91 Å². The molecule has 24 heavy (non-hydrogen) atoms. The summed E-state index contributed by atoms with van der Waals surface area (Å²) in [4.78, 5) is 12.0. The number of fused-ring (bicyclic) bond motifs is 1. The van der Waals surface area contributed by atoms with E-state index in [1.807, 2.05) is 42.5 Å². The molecule has 0 spiro atoms. The van der Waals surface area contributed by atoms with E-state index in [0.29, 0.717) is 26.2 Å². The fraction of sp³-hybridized carbons (Fsp3) is 0.278. The second-order valence-electron chi connectivity index (χ2n) is 5.31. The predicted molar refractivity (Wildman–Crippen MR) is 92.2 cm³/mol. The molecular weight excluding hydrogens is 308 g/mol. The highest BCUT2D eigenvalue weighted by Crippen LogP contribution is 2.32. The van der Waals surface area contributed by atoms with Gasteiger partial charge in [-0.2, -0.15) is 0 Å². The number of nitrogens with one attached hydrogen (secondary N) is 2. The van der Waals surface area contributed by atoms with Gasteiger partial charge in [0.05, 0.1) is 7.11 Å². The molecule has 3 rings (SSSR count). The first-order chi connectivity index (χ1) is 11.7. The average Bonchev–Trinajstić information content (AvgIpc) is 2.62. The van der Waals surface area contributed by atoms with Gasteiger partial charge in [-0.05, 0) is 36.4 Å². The predicted octanol–water partition coefficient (Wildman–Crippen LogP) is 2.91. The molecule has 1 aliphatic heterocycles. The Morgan fingerprint density at radius 1 is 1.04 bits per heavy atom. The Bertz CT molecular complexity index is 701. The van der Waals surface area contributed by atoms with Crippen LogP contribution < -0.4 is 24.8 Å². The van der Waals surface area contributed by atoms with Gasteiger partial charge >= 0.3 is 0 Å². The lowest BCUT2D eigenvalue weighted by molar-refractivity contribution is -0.115. The highest BCUT2D eigenvalue weighted by atomic mass is 16.6. The SMILES string of the molecule is COc1ccc(NC(=O)CCNc2ccc3c(c2)OCCO3)cc1. The minimum absolute atomic E-state index is 0.0507. The number of ether oxygens (including phenoxy) is 3. The number of rotatable bonds is 6. The van der Waals surface area contributed by atoms with E-state index < -0.39 is 0 Å². The number of hydrogen-bond acceptors (Lipinski definition) is 5. The van der Waals surface area contributed by atoms with E-state index in [1.165, 1.54) is 0 Å². The molecule has 0 atom stereocenters. The van der Waals surface area contributed by atoms with Gasteiger partial charge in [-0.15, -0.1) is 0 Å². The van der Waals surface area contributed by atoms with E-state index in [-0.39, 0.29) is 5.91 Å². The maximum Gasteiger partial charge on any atom is 0.226 e. The van der Waals surface area contributed by atoms with E-state index in [9.17, 15) is 4.79 Å². The Morgan fingerprint density at radius 3 is 2.50 bits per heavy atom. The summed E-state index contributed by atoms with van der Waals surface area (Å²) in [5.74, 6) is 2.19. The summed E-state index contributed by atoms with van der Waals surface area (Å²) in [7, 11) is 1.61. The summed E-state index contributed by atoms with van der Waals surface area (Å²) in [5.41, 5.74) is 1.65. The molecular formula is C18H20N2O4. The van der Waals surface area contributed by atoms with Crippen molar-refractivity contribution < 1.29 is 19.0 Å². The van der Waals surface area contributed by atoms with Crippen LogP contribution in [0.2, 0.25) is 0 Å². The van der Waals surface area contributed by atoms with Gasteiger partial charge in [0, 0.05) is 30.4 Å². The topological polar surface area (TPSA) is 68.8 Å². The third-order valence-corrected chi connectivity index (χ3v) is 3.60. The van der Waals surface area contributed by atoms with Gasteiger partial charge in [-0.1, -0.05) is 0 Å². The largest absolute Gasteiger partial charge is 0.497 e. The van der Waals surface area contributed by atoms with Crippen LogP contribution in [0.25, 0.3) is 0 Å². The van der Waals surface area contributed by atoms with Gasteiger partial charge in [0.25, 0.3) is 0 Å². The number of carbonyl (C=O) groups is 1. The first-order valence-corrected chi connectivity index (χ1v) is 7.82. The van der Waals surface area contributed by atoms with Crippen molar-refractivity contribution in [2.75, 3.05) is 37.5 Å². The Balaban J connectivity index is 1.46. The number of hydrogen-bond donors (Lipinski definition) is 2.